The number of methoxy groups -OCH3 is 1. The van der Waals surface area contributed by atoms with Gasteiger partial charge in [-0.05, 0) is 41.8 Å². The van der Waals surface area contributed by atoms with Crippen LogP contribution in [-0.2, 0) is 31.5 Å². The van der Waals surface area contributed by atoms with Gasteiger partial charge in [0.25, 0.3) is 5.91 Å². The average molecular weight is 552 g/mol. The fourth-order valence-corrected chi connectivity index (χ4v) is 6.32. The summed E-state index contributed by atoms with van der Waals surface area (Å²) in [6, 6.07) is 10.8. The second kappa shape index (κ2) is 10.0. The zero-order valence-electron chi connectivity index (χ0n) is 20.2. The zero-order valence-corrected chi connectivity index (χ0v) is 21.0. The molecule has 5 rings (SSSR count). The van der Waals surface area contributed by atoms with Gasteiger partial charge in [0.1, 0.15) is 24.4 Å². The van der Waals surface area contributed by atoms with Crippen LogP contribution in [0.5, 0.6) is 5.75 Å². The van der Waals surface area contributed by atoms with Crippen molar-refractivity contribution >= 4 is 21.6 Å². The highest BCUT2D eigenvalue weighted by atomic mass is 32.2. The lowest BCUT2D eigenvalue weighted by molar-refractivity contribution is -0.137. The molecular weight excluding hydrogens is 527 g/mol. The number of sulfonamides is 1. The maximum absolute atomic E-state index is 13.2. The predicted molar refractivity (Wildman–Crippen MR) is 130 cm³/mol. The SMILES string of the molecule is COc1cc(-c2cccc(C(F)(F)F)c2)ccc1N1C(=O)CO[C@@H]2CN(S(=O)(=O)Cc3ccon3)CC[C@H]21. The fraction of sp³-hybridized carbons (Fsp3) is 0.360. The number of halogens is 3. The van der Waals surface area contributed by atoms with Gasteiger partial charge in [-0.2, -0.15) is 17.5 Å². The first-order valence-electron chi connectivity index (χ1n) is 11.7. The highest BCUT2D eigenvalue weighted by Crippen LogP contribution is 2.39. The first-order chi connectivity index (χ1) is 18.1. The largest absolute Gasteiger partial charge is 0.495 e. The number of nitrogens with zero attached hydrogens (tertiary/aromatic N) is 3. The lowest BCUT2D eigenvalue weighted by atomic mass is 9.97. The van der Waals surface area contributed by atoms with E-state index in [9.17, 15) is 26.4 Å². The molecule has 2 atom stereocenters. The monoisotopic (exact) mass is 551 g/mol. The smallest absolute Gasteiger partial charge is 0.416 e. The summed E-state index contributed by atoms with van der Waals surface area (Å²) in [7, 11) is -2.28. The third-order valence-corrected chi connectivity index (χ3v) is 8.46. The number of hydrogen-bond acceptors (Lipinski definition) is 7. The molecule has 0 aliphatic carbocycles. The Kier molecular flexibility index (Phi) is 6.92. The van der Waals surface area contributed by atoms with Gasteiger partial charge in [0.05, 0.1) is 36.2 Å². The molecule has 2 saturated heterocycles. The van der Waals surface area contributed by atoms with Crippen LogP contribution in [0.4, 0.5) is 18.9 Å². The first kappa shape index (κ1) is 26.2. The number of piperidine rings is 1. The third-order valence-electron chi connectivity index (χ3n) is 6.69. The van der Waals surface area contributed by atoms with Crippen LogP contribution in [0.3, 0.4) is 0 Å². The van der Waals surface area contributed by atoms with Crippen LogP contribution < -0.4 is 9.64 Å². The normalized spacial score (nSPS) is 20.8. The minimum Gasteiger partial charge on any atom is -0.495 e. The lowest BCUT2D eigenvalue weighted by Gasteiger charge is -2.46. The Hall–Kier alpha value is -3.42. The van der Waals surface area contributed by atoms with Gasteiger partial charge in [0.2, 0.25) is 10.0 Å². The van der Waals surface area contributed by atoms with E-state index in [1.54, 1.807) is 29.2 Å². The van der Waals surface area contributed by atoms with Gasteiger partial charge in [-0.15, -0.1) is 0 Å². The van der Waals surface area contributed by atoms with E-state index >= 15 is 0 Å². The Morgan fingerprint density at radius 3 is 2.63 bits per heavy atom. The molecule has 0 bridgehead atoms. The van der Waals surface area contributed by atoms with E-state index in [1.165, 1.54) is 29.8 Å². The summed E-state index contributed by atoms with van der Waals surface area (Å²) in [4.78, 5) is 14.5. The number of hydrogen-bond donors (Lipinski definition) is 0. The third kappa shape index (κ3) is 5.13. The summed E-state index contributed by atoms with van der Waals surface area (Å²) in [5.74, 6) is -0.334. The average Bonchev–Trinajstić information content (AvgIpc) is 3.40. The van der Waals surface area contributed by atoms with Crippen molar-refractivity contribution in [2.45, 2.75) is 30.5 Å². The van der Waals surface area contributed by atoms with Crippen LogP contribution in [0.1, 0.15) is 17.7 Å². The number of carbonyl (C=O) groups is 1. The van der Waals surface area contributed by atoms with Gasteiger partial charge in [0.15, 0.2) is 0 Å². The maximum Gasteiger partial charge on any atom is 0.416 e. The van der Waals surface area contributed by atoms with E-state index in [2.05, 4.69) is 5.16 Å². The molecule has 202 valence electrons. The Bertz CT molecular complexity index is 1430. The van der Waals surface area contributed by atoms with E-state index in [0.717, 1.165) is 12.1 Å². The number of carbonyl (C=O) groups excluding carboxylic acids is 1. The van der Waals surface area contributed by atoms with Crippen molar-refractivity contribution in [2.24, 2.45) is 0 Å². The highest BCUT2D eigenvalue weighted by molar-refractivity contribution is 7.88. The molecule has 2 aliphatic heterocycles. The van der Waals surface area contributed by atoms with Gasteiger partial charge in [-0.1, -0.05) is 23.4 Å². The van der Waals surface area contributed by atoms with Crippen molar-refractivity contribution in [1.82, 2.24) is 9.46 Å². The summed E-state index contributed by atoms with van der Waals surface area (Å²) in [6.45, 7) is -0.0325. The van der Waals surface area contributed by atoms with Gasteiger partial charge >= 0.3 is 6.18 Å². The van der Waals surface area contributed by atoms with Crippen LogP contribution in [0.2, 0.25) is 0 Å². The maximum atomic E-state index is 13.2. The van der Waals surface area contributed by atoms with Crippen molar-refractivity contribution in [3.05, 3.63) is 66.1 Å². The number of morpholine rings is 1. The predicted octanol–water partition coefficient (Wildman–Crippen LogP) is 3.71. The molecule has 1 aromatic heterocycles. The number of ether oxygens (including phenoxy) is 2. The van der Waals surface area contributed by atoms with Crippen LogP contribution in [0.25, 0.3) is 11.1 Å². The molecule has 3 aromatic rings. The van der Waals surface area contributed by atoms with Gasteiger partial charge < -0.3 is 18.9 Å². The van der Waals surface area contributed by atoms with E-state index in [1.807, 2.05) is 0 Å². The number of amides is 1. The molecule has 3 heterocycles. The summed E-state index contributed by atoms with van der Waals surface area (Å²) >= 11 is 0. The van der Waals surface area contributed by atoms with E-state index in [0.29, 0.717) is 34.7 Å². The van der Waals surface area contributed by atoms with Gasteiger partial charge in [0, 0.05) is 19.2 Å². The molecule has 0 saturated carbocycles. The van der Waals surface area contributed by atoms with Gasteiger partial charge in [-0.3, -0.25) is 4.79 Å². The minimum atomic E-state index is -4.48. The number of rotatable bonds is 6. The fourth-order valence-electron chi connectivity index (χ4n) is 4.85. The second-order valence-corrected chi connectivity index (χ2v) is 11.0. The molecule has 38 heavy (non-hydrogen) atoms. The Balaban J connectivity index is 1.40. The quantitative estimate of drug-likeness (QED) is 0.460. The minimum absolute atomic E-state index is 0.0548. The topological polar surface area (TPSA) is 102 Å². The van der Waals surface area contributed by atoms with E-state index in [4.69, 9.17) is 14.0 Å². The molecule has 9 nitrogen and oxygen atoms in total. The van der Waals surface area contributed by atoms with Gasteiger partial charge in [-0.25, -0.2) is 8.42 Å². The molecular formula is C25H24F3N3O6S. The number of fused-ring (bicyclic) bond motifs is 1. The molecule has 1 amide bonds. The second-order valence-electron chi connectivity index (χ2n) is 9.04. The Morgan fingerprint density at radius 2 is 1.92 bits per heavy atom. The Morgan fingerprint density at radius 1 is 1.13 bits per heavy atom. The van der Waals surface area contributed by atoms with Crippen molar-refractivity contribution in [3.8, 4) is 16.9 Å². The number of alkyl halides is 3. The Labute approximate surface area is 216 Å². The van der Waals surface area contributed by atoms with E-state index in [-0.39, 0.29) is 31.4 Å². The van der Waals surface area contributed by atoms with E-state index < -0.39 is 33.9 Å². The summed E-state index contributed by atoms with van der Waals surface area (Å²) in [5.41, 5.74) is 0.795. The molecule has 0 radical (unpaired) electrons. The molecule has 0 unspecified atom stereocenters. The molecule has 0 spiro atoms. The number of benzene rings is 2. The molecule has 13 heteroatoms. The summed E-state index contributed by atoms with van der Waals surface area (Å²) < 4.78 is 82.8. The lowest BCUT2D eigenvalue weighted by Crippen LogP contribution is -2.62. The van der Waals surface area contributed by atoms with Crippen LogP contribution in [-0.4, -0.2) is 62.7 Å². The van der Waals surface area contributed by atoms with Crippen molar-refractivity contribution in [2.75, 3.05) is 31.7 Å². The molecule has 2 fully saturated rings. The molecule has 2 aliphatic rings. The van der Waals surface area contributed by atoms with Crippen LogP contribution in [0, 0.1) is 0 Å². The van der Waals surface area contributed by atoms with Crippen molar-refractivity contribution < 1.29 is 40.4 Å². The summed E-state index contributed by atoms with van der Waals surface area (Å²) in [5, 5.41) is 3.67. The standard InChI is InChI=1S/C25H24F3N3O6S/c1-35-22-12-17(16-3-2-4-18(11-16)25(26,27)28)5-6-20(22)31-21-7-9-30(13-23(21)36-14-24(31)32)38(33,34)15-19-8-10-37-29-19/h2-6,8,10-12,21,23H,7,9,13-15H2,1H3/t21-,23-/m1/s1. The zero-order chi connectivity index (χ0) is 27.1. The van der Waals surface area contributed by atoms with Crippen molar-refractivity contribution in [3.63, 3.8) is 0 Å². The highest BCUT2D eigenvalue weighted by Gasteiger charge is 2.44. The number of anilines is 1. The molecule has 2 aromatic carbocycles. The van der Waals surface area contributed by atoms with Crippen LogP contribution in [0.15, 0.2) is 59.3 Å². The number of aromatic nitrogens is 1. The van der Waals surface area contributed by atoms with Crippen LogP contribution >= 0.6 is 0 Å². The summed E-state index contributed by atoms with van der Waals surface area (Å²) in [6.07, 6.45) is -3.45. The molecule has 0 N–H and O–H groups in total. The van der Waals surface area contributed by atoms with Crippen molar-refractivity contribution in [1.29, 1.82) is 0 Å². The first-order valence-corrected chi connectivity index (χ1v) is 13.3.